The van der Waals surface area contributed by atoms with Crippen LogP contribution in [0.4, 0.5) is 0 Å². The van der Waals surface area contributed by atoms with Crippen LogP contribution in [0, 0.1) is 5.92 Å². The van der Waals surface area contributed by atoms with Crippen molar-refractivity contribution in [2.75, 3.05) is 19.6 Å². The van der Waals surface area contributed by atoms with Gasteiger partial charge in [0.25, 0.3) is 0 Å². The minimum Gasteiger partial charge on any atom is -0.384 e. The Morgan fingerprint density at radius 3 is 2.29 bits per heavy atom. The third-order valence-corrected chi connectivity index (χ3v) is 5.08. The molecule has 0 spiro atoms. The van der Waals surface area contributed by atoms with Crippen molar-refractivity contribution in [3.05, 3.63) is 83.9 Å². The lowest BCUT2D eigenvalue weighted by Crippen LogP contribution is -2.43. The molecule has 0 saturated carbocycles. The summed E-state index contributed by atoms with van der Waals surface area (Å²) in [6, 6.07) is 20.5. The molecule has 1 aliphatic rings. The van der Waals surface area contributed by atoms with E-state index in [-0.39, 0.29) is 5.92 Å². The van der Waals surface area contributed by atoms with Gasteiger partial charge in [-0.1, -0.05) is 79.7 Å². The Morgan fingerprint density at radius 2 is 1.67 bits per heavy atom. The maximum absolute atomic E-state index is 11.7. The van der Waals surface area contributed by atoms with E-state index in [4.69, 9.17) is 0 Å². The zero-order valence-corrected chi connectivity index (χ0v) is 14.4. The summed E-state index contributed by atoms with van der Waals surface area (Å²) in [5.41, 5.74) is 1.33. The molecule has 2 nitrogen and oxygen atoms in total. The number of nitrogens with zero attached hydrogens (tertiary/aromatic N) is 1. The van der Waals surface area contributed by atoms with Gasteiger partial charge in [0.2, 0.25) is 0 Å². The third-order valence-electron chi connectivity index (χ3n) is 5.08. The Morgan fingerprint density at radius 1 is 1.00 bits per heavy atom. The smallest absolute Gasteiger partial charge is 0.0974 e. The fourth-order valence-corrected chi connectivity index (χ4v) is 3.59. The molecule has 2 aromatic carbocycles. The SMILES string of the molecule is C[C@H](CN1CC=CCC1)[C@@](O)(Cc1ccccc1)c1ccccc1. The maximum Gasteiger partial charge on any atom is 0.0974 e. The van der Waals surface area contributed by atoms with Crippen molar-refractivity contribution in [1.29, 1.82) is 0 Å². The van der Waals surface area contributed by atoms with Gasteiger partial charge in [0.15, 0.2) is 0 Å². The van der Waals surface area contributed by atoms with Gasteiger partial charge in [-0.3, -0.25) is 4.90 Å². The van der Waals surface area contributed by atoms with Crippen molar-refractivity contribution in [2.24, 2.45) is 5.92 Å². The lowest BCUT2D eigenvalue weighted by molar-refractivity contribution is -0.0290. The van der Waals surface area contributed by atoms with Gasteiger partial charge in [-0.15, -0.1) is 0 Å². The first-order valence-electron chi connectivity index (χ1n) is 8.87. The van der Waals surface area contributed by atoms with Crippen LogP contribution in [0.1, 0.15) is 24.5 Å². The lowest BCUT2D eigenvalue weighted by Gasteiger charge is -2.38. The molecule has 0 bridgehead atoms. The van der Waals surface area contributed by atoms with Crippen molar-refractivity contribution in [3.63, 3.8) is 0 Å². The van der Waals surface area contributed by atoms with Gasteiger partial charge in [0, 0.05) is 32.0 Å². The van der Waals surface area contributed by atoms with Crippen LogP contribution >= 0.6 is 0 Å². The summed E-state index contributed by atoms with van der Waals surface area (Å²) in [6.07, 6.45) is 6.22. The summed E-state index contributed by atoms with van der Waals surface area (Å²) in [7, 11) is 0. The first-order chi connectivity index (χ1) is 11.7. The molecule has 24 heavy (non-hydrogen) atoms. The van der Waals surface area contributed by atoms with E-state index in [1.807, 2.05) is 36.4 Å². The number of benzene rings is 2. The van der Waals surface area contributed by atoms with Crippen molar-refractivity contribution in [1.82, 2.24) is 4.90 Å². The van der Waals surface area contributed by atoms with Crippen molar-refractivity contribution < 1.29 is 5.11 Å². The van der Waals surface area contributed by atoms with Crippen molar-refractivity contribution in [3.8, 4) is 0 Å². The Hall–Kier alpha value is -1.90. The number of hydrogen-bond acceptors (Lipinski definition) is 2. The molecule has 0 saturated heterocycles. The van der Waals surface area contributed by atoms with E-state index in [1.165, 1.54) is 5.56 Å². The zero-order valence-electron chi connectivity index (χ0n) is 14.4. The molecule has 2 aromatic rings. The minimum absolute atomic E-state index is 0.145. The summed E-state index contributed by atoms with van der Waals surface area (Å²) >= 11 is 0. The molecule has 2 atom stereocenters. The summed E-state index contributed by atoms with van der Waals surface area (Å²) in [5, 5.41) is 11.7. The van der Waals surface area contributed by atoms with Gasteiger partial charge in [0.1, 0.15) is 0 Å². The minimum atomic E-state index is -0.857. The number of aliphatic hydroxyl groups is 1. The normalized spacial score (nSPS) is 18.9. The first-order valence-corrected chi connectivity index (χ1v) is 8.87. The van der Waals surface area contributed by atoms with Crippen molar-refractivity contribution in [2.45, 2.75) is 25.4 Å². The molecule has 1 heterocycles. The molecule has 0 amide bonds. The van der Waals surface area contributed by atoms with Crippen LogP contribution in [0.25, 0.3) is 0 Å². The number of rotatable bonds is 6. The predicted octanol–water partition coefficient (Wildman–Crippen LogP) is 4.01. The quantitative estimate of drug-likeness (QED) is 0.813. The molecule has 0 aliphatic carbocycles. The molecule has 0 fully saturated rings. The standard InChI is InChI=1S/C22H27NO/c1-19(18-23-15-9-4-10-16-23)22(24,21-13-7-3-8-14-21)17-20-11-5-2-6-12-20/h2-9,11-14,19,24H,10,15-18H2,1H3/t19-,22+/m1/s1. The third kappa shape index (κ3) is 3.95. The second kappa shape index (κ2) is 7.78. The van der Waals surface area contributed by atoms with Crippen LogP contribution in [-0.2, 0) is 12.0 Å². The molecule has 126 valence electrons. The first kappa shape index (κ1) is 16.9. The van der Waals surface area contributed by atoms with Gasteiger partial charge >= 0.3 is 0 Å². The molecule has 2 heteroatoms. The average molecular weight is 321 g/mol. The molecule has 1 aliphatic heterocycles. The van der Waals surface area contributed by atoms with Gasteiger partial charge < -0.3 is 5.11 Å². The van der Waals surface area contributed by atoms with Crippen LogP contribution < -0.4 is 0 Å². The van der Waals surface area contributed by atoms with Crippen LogP contribution in [0.2, 0.25) is 0 Å². The van der Waals surface area contributed by atoms with Crippen LogP contribution in [0.5, 0.6) is 0 Å². The predicted molar refractivity (Wildman–Crippen MR) is 99.8 cm³/mol. The lowest BCUT2D eigenvalue weighted by atomic mass is 9.77. The van der Waals surface area contributed by atoms with E-state index in [0.29, 0.717) is 6.42 Å². The van der Waals surface area contributed by atoms with Gasteiger partial charge in [-0.05, 0) is 17.5 Å². The second-order valence-corrected chi connectivity index (χ2v) is 6.87. The summed E-state index contributed by atoms with van der Waals surface area (Å²) in [6.45, 7) is 5.15. The highest BCUT2D eigenvalue weighted by molar-refractivity contribution is 5.28. The van der Waals surface area contributed by atoms with E-state index in [2.05, 4.69) is 48.2 Å². The van der Waals surface area contributed by atoms with E-state index in [1.54, 1.807) is 0 Å². The second-order valence-electron chi connectivity index (χ2n) is 6.87. The Labute approximate surface area is 145 Å². The highest BCUT2D eigenvalue weighted by Gasteiger charge is 2.36. The Kier molecular flexibility index (Phi) is 5.49. The molecular weight excluding hydrogens is 294 g/mol. The Balaban J connectivity index is 1.85. The van der Waals surface area contributed by atoms with Crippen molar-refractivity contribution >= 4 is 0 Å². The molecule has 0 radical (unpaired) electrons. The average Bonchev–Trinajstić information content (AvgIpc) is 2.64. The van der Waals surface area contributed by atoms with Crippen LogP contribution in [-0.4, -0.2) is 29.6 Å². The Bertz CT molecular complexity index is 652. The summed E-state index contributed by atoms with van der Waals surface area (Å²) < 4.78 is 0. The number of hydrogen-bond donors (Lipinski definition) is 1. The fraction of sp³-hybridized carbons (Fsp3) is 0.364. The van der Waals surface area contributed by atoms with E-state index >= 15 is 0 Å². The highest BCUT2D eigenvalue weighted by atomic mass is 16.3. The monoisotopic (exact) mass is 321 g/mol. The van der Waals surface area contributed by atoms with Gasteiger partial charge in [0.05, 0.1) is 5.60 Å². The maximum atomic E-state index is 11.7. The molecule has 0 unspecified atom stereocenters. The van der Waals surface area contributed by atoms with Crippen LogP contribution in [0.15, 0.2) is 72.8 Å². The largest absolute Gasteiger partial charge is 0.384 e. The summed E-state index contributed by atoms with van der Waals surface area (Å²) in [4.78, 5) is 2.43. The highest BCUT2D eigenvalue weighted by Crippen LogP contribution is 2.34. The van der Waals surface area contributed by atoms with Gasteiger partial charge in [-0.25, -0.2) is 0 Å². The zero-order chi connectivity index (χ0) is 16.8. The molecular formula is C22H27NO. The summed E-state index contributed by atoms with van der Waals surface area (Å²) in [5.74, 6) is 0.145. The van der Waals surface area contributed by atoms with E-state index in [0.717, 1.165) is 31.6 Å². The van der Waals surface area contributed by atoms with E-state index < -0.39 is 5.60 Å². The molecule has 3 rings (SSSR count). The fourth-order valence-electron chi connectivity index (χ4n) is 3.59. The topological polar surface area (TPSA) is 23.5 Å². The van der Waals surface area contributed by atoms with Crippen LogP contribution in [0.3, 0.4) is 0 Å². The van der Waals surface area contributed by atoms with Gasteiger partial charge in [-0.2, -0.15) is 0 Å². The molecule has 0 aromatic heterocycles. The molecule has 1 N–H and O–H groups in total. The van der Waals surface area contributed by atoms with E-state index in [9.17, 15) is 5.11 Å².